The highest BCUT2D eigenvalue weighted by molar-refractivity contribution is 7.93. The Labute approximate surface area is 225 Å². The Balaban J connectivity index is 1.84. The summed E-state index contributed by atoms with van der Waals surface area (Å²) in [5.74, 6) is 0.642. The number of nitrogens with zero attached hydrogens (tertiary/aromatic N) is 5. The van der Waals surface area contributed by atoms with Crippen molar-refractivity contribution < 1.29 is 31.4 Å². The molecule has 2 atom stereocenters. The van der Waals surface area contributed by atoms with E-state index in [1.54, 1.807) is 44.2 Å². The first-order valence-corrected chi connectivity index (χ1v) is 13.5. The SMILES string of the molecule is COCCC(C(C)c1ncc(F)cn1)S(=O)(=O)Nc1nnc(-c2ccc(C)o2)n1-c1c(OC)cccc1OC. The molecule has 0 aliphatic carbocycles. The zero-order valence-corrected chi connectivity index (χ0v) is 22.9. The molecule has 0 fully saturated rings. The number of para-hydroxylation sites is 1. The largest absolute Gasteiger partial charge is 0.494 e. The molecule has 0 bridgehead atoms. The Morgan fingerprint density at radius 1 is 1.05 bits per heavy atom. The van der Waals surface area contributed by atoms with Gasteiger partial charge in [-0.1, -0.05) is 13.0 Å². The van der Waals surface area contributed by atoms with Crippen LogP contribution in [0.2, 0.25) is 0 Å². The smallest absolute Gasteiger partial charge is 0.243 e. The third-order valence-corrected chi connectivity index (χ3v) is 8.00. The first-order chi connectivity index (χ1) is 18.7. The van der Waals surface area contributed by atoms with Crippen LogP contribution in [-0.4, -0.2) is 66.3 Å². The molecule has 14 heteroatoms. The van der Waals surface area contributed by atoms with E-state index in [1.165, 1.54) is 25.9 Å². The number of hydrogen-bond acceptors (Lipinski definition) is 10. The molecule has 208 valence electrons. The van der Waals surface area contributed by atoms with Gasteiger partial charge in [0.15, 0.2) is 11.6 Å². The van der Waals surface area contributed by atoms with Crippen molar-refractivity contribution in [3.05, 3.63) is 60.1 Å². The second-order valence-electron chi connectivity index (χ2n) is 8.62. The Hall–Kier alpha value is -4.04. The van der Waals surface area contributed by atoms with Gasteiger partial charge in [-0.2, -0.15) is 0 Å². The average Bonchev–Trinajstić information content (AvgIpc) is 3.53. The number of rotatable bonds is 12. The summed E-state index contributed by atoms with van der Waals surface area (Å²) in [5, 5.41) is 7.33. The summed E-state index contributed by atoms with van der Waals surface area (Å²) < 4.78 is 67.3. The maximum absolute atomic E-state index is 13.9. The maximum Gasteiger partial charge on any atom is 0.243 e. The monoisotopic (exact) mass is 560 g/mol. The standard InChI is InChI=1S/C25H29FN6O6S/c1-15-9-10-20(38-15)24-29-30-25(32(24)22-18(36-4)7-6-8-19(22)37-5)31-39(33,34)21(11-12-35-3)16(2)23-27-13-17(26)14-28-23/h6-10,13-14,16,21H,11-12H2,1-5H3,(H,30,31). The summed E-state index contributed by atoms with van der Waals surface area (Å²) in [6.45, 7) is 3.57. The summed E-state index contributed by atoms with van der Waals surface area (Å²) >= 11 is 0. The van der Waals surface area contributed by atoms with Crippen LogP contribution >= 0.6 is 0 Å². The van der Waals surface area contributed by atoms with Crippen LogP contribution in [0.4, 0.5) is 10.3 Å². The minimum absolute atomic E-state index is 0.101. The average molecular weight is 561 g/mol. The van der Waals surface area contributed by atoms with Crippen LogP contribution in [0.1, 0.15) is 30.8 Å². The van der Waals surface area contributed by atoms with Crippen LogP contribution in [-0.2, 0) is 14.8 Å². The van der Waals surface area contributed by atoms with Crippen molar-refractivity contribution in [3.8, 4) is 28.8 Å². The lowest BCUT2D eigenvalue weighted by Crippen LogP contribution is -2.35. The van der Waals surface area contributed by atoms with Gasteiger partial charge in [0.1, 0.15) is 28.8 Å². The van der Waals surface area contributed by atoms with Gasteiger partial charge in [-0.05, 0) is 37.6 Å². The van der Waals surface area contributed by atoms with E-state index < -0.39 is 27.0 Å². The molecular weight excluding hydrogens is 531 g/mol. The molecule has 0 aliphatic heterocycles. The van der Waals surface area contributed by atoms with Gasteiger partial charge in [0.05, 0.1) is 31.9 Å². The lowest BCUT2D eigenvalue weighted by atomic mass is 10.0. The number of hydrogen-bond donors (Lipinski definition) is 1. The van der Waals surface area contributed by atoms with Crippen molar-refractivity contribution in [2.45, 2.75) is 31.4 Å². The minimum Gasteiger partial charge on any atom is -0.494 e. The second-order valence-corrected chi connectivity index (χ2v) is 10.5. The van der Waals surface area contributed by atoms with E-state index in [-0.39, 0.29) is 30.6 Å². The highest BCUT2D eigenvalue weighted by atomic mass is 32.2. The predicted octanol–water partition coefficient (Wildman–Crippen LogP) is 3.73. The predicted molar refractivity (Wildman–Crippen MR) is 140 cm³/mol. The van der Waals surface area contributed by atoms with Crippen LogP contribution in [0.3, 0.4) is 0 Å². The molecular formula is C25H29FN6O6S. The van der Waals surface area contributed by atoms with Crippen LogP contribution in [0, 0.1) is 12.7 Å². The maximum atomic E-state index is 13.9. The van der Waals surface area contributed by atoms with Crippen molar-refractivity contribution in [2.75, 3.05) is 32.7 Å². The Morgan fingerprint density at radius 3 is 2.28 bits per heavy atom. The molecule has 0 amide bonds. The van der Waals surface area contributed by atoms with E-state index in [9.17, 15) is 12.8 Å². The van der Waals surface area contributed by atoms with Crippen LogP contribution < -0.4 is 14.2 Å². The molecule has 0 radical (unpaired) electrons. The van der Waals surface area contributed by atoms with Crippen molar-refractivity contribution >= 4 is 16.0 Å². The molecule has 12 nitrogen and oxygen atoms in total. The normalized spacial score (nSPS) is 13.2. The van der Waals surface area contributed by atoms with Gasteiger partial charge in [-0.25, -0.2) is 22.8 Å². The van der Waals surface area contributed by atoms with E-state index in [4.69, 9.17) is 18.6 Å². The number of aryl methyl sites for hydroxylation is 1. The zero-order valence-electron chi connectivity index (χ0n) is 22.1. The third kappa shape index (κ3) is 5.86. The van der Waals surface area contributed by atoms with Gasteiger partial charge in [0.25, 0.3) is 0 Å². The molecule has 0 spiro atoms. The van der Waals surface area contributed by atoms with Crippen LogP contribution in [0.5, 0.6) is 11.5 Å². The molecule has 4 rings (SSSR count). The quantitative estimate of drug-likeness (QED) is 0.272. The van der Waals surface area contributed by atoms with E-state index in [0.717, 1.165) is 12.4 Å². The Kier molecular flexibility index (Phi) is 8.45. The number of sulfonamides is 1. The van der Waals surface area contributed by atoms with Gasteiger partial charge in [-0.3, -0.25) is 9.29 Å². The van der Waals surface area contributed by atoms with E-state index in [1.807, 2.05) is 0 Å². The first-order valence-electron chi connectivity index (χ1n) is 11.9. The molecule has 4 aromatic rings. The fraction of sp³-hybridized carbons (Fsp3) is 0.360. The molecule has 1 N–H and O–H groups in total. The topological polar surface area (TPSA) is 143 Å². The summed E-state index contributed by atoms with van der Waals surface area (Å²) in [6, 6.07) is 8.58. The summed E-state index contributed by atoms with van der Waals surface area (Å²) in [7, 11) is 0.254. The fourth-order valence-corrected chi connectivity index (χ4v) is 5.77. The summed E-state index contributed by atoms with van der Waals surface area (Å²) in [5.41, 5.74) is 0.359. The second kappa shape index (κ2) is 11.8. The van der Waals surface area contributed by atoms with Crippen molar-refractivity contribution in [2.24, 2.45) is 0 Å². The molecule has 0 saturated carbocycles. The van der Waals surface area contributed by atoms with Crippen molar-refractivity contribution in [3.63, 3.8) is 0 Å². The Morgan fingerprint density at radius 2 is 1.72 bits per heavy atom. The highest BCUT2D eigenvalue weighted by Crippen LogP contribution is 2.38. The number of furan rings is 1. The van der Waals surface area contributed by atoms with Gasteiger partial charge < -0.3 is 18.6 Å². The molecule has 2 unspecified atom stereocenters. The third-order valence-electron chi connectivity index (χ3n) is 6.09. The molecule has 1 aromatic carbocycles. The molecule has 3 heterocycles. The highest BCUT2D eigenvalue weighted by Gasteiger charge is 2.35. The number of aromatic nitrogens is 5. The van der Waals surface area contributed by atoms with Gasteiger partial charge in [0, 0.05) is 19.6 Å². The summed E-state index contributed by atoms with van der Waals surface area (Å²) in [4.78, 5) is 7.97. The number of nitrogens with one attached hydrogen (secondary N) is 1. The van der Waals surface area contributed by atoms with Gasteiger partial charge >= 0.3 is 0 Å². The number of ether oxygens (including phenoxy) is 3. The minimum atomic E-state index is -4.18. The lowest BCUT2D eigenvalue weighted by molar-refractivity contribution is 0.191. The first kappa shape index (κ1) is 28.0. The van der Waals surface area contributed by atoms with Gasteiger partial charge in [-0.15, -0.1) is 10.2 Å². The van der Waals surface area contributed by atoms with E-state index in [2.05, 4.69) is 24.9 Å². The molecule has 3 aromatic heterocycles. The lowest BCUT2D eigenvalue weighted by Gasteiger charge is -2.24. The van der Waals surface area contributed by atoms with Crippen LogP contribution in [0.15, 0.2) is 47.1 Å². The number of anilines is 1. The molecule has 0 saturated heterocycles. The van der Waals surface area contributed by atoms with E-state index >= 15 is 0 Å². The number of halogens is 1. The number of methoxy groups -OCH3 is 3. The van der Waals surface area contributed by atoms with Crippen LogP contribution in [0.25, 0.3) is 17.3 Å². The van der Waals surface area contributed by atoms with Gasteiger partial charge in [0.2, 0.25) is 21.8 Å². The molecule has 39 heavy (non-hydrogen) atoms. The van der Waals surface area contributed by atoms with Crippen molar-refractivity contribution in [1.82, 2.24) is 24.7 Å². The molecule has 0 aliphatic rings. The summed E-state index contributed by atoms with van der Waals surface area (Å²) in [6.07, 6.45) is 2.09. The zero-order chi connectivity index (χ0) is 28.2. The fourth-order valence-electron chi connectivity index (χ4n) is 4.16. The Bertz CT molecular complexity index is 1500. The number of benzene rings is 1. The van der Waals surface area contributed by atoms with E-state index in [0.29, 0.717) is 28.7 Å². The van der Waals surface area contributed by atoms with Crippen molar-refractivity contribution in [1.29, 1.82) is 0 Å².